The molecule has 0 bridgehead atoms. The van der Waals surface area contributed by atoms with Crippen LogP contribution in [0.1, 0.15) is 26.0 Å². The van der Waals surface area contributed by atoms with Crippen LogP contribution in [-0.2, 0) is 11.2 Å². The number of aromatic nitrogens is 2. The zero-order valence-electron chi connectivity index (χ0n) is 11.2. The van der Waals surface area contributed by atoms with Gasteiger partial charge in [0.25, 0.3) is 0 Å². The zero-order chi connectivity index (χ0) is 14.3. The van der Waals surface area contributed by atoms with Gasteiger partial charge in [-0.15, -0.1) is 0 Å². The van der Waals surface area contributed by atoms with Gasteiger partial charge in [0.15, 0.2) is 0 Å². The van der Waals surface area contributed by atoms with Gasteiger partial charge in [-0.05, 0) is 13.3 Å². The first-order valence-electron chi connectivity index (χ1n) is 6.34. The Morgan fingerprint density at radius 2 is 2.26 bits per heavy atom. The highest BCUT2D eigenvalue weighted by Crippen LogP contribution is 2.01. The predicted molar refractivity (Wildman–Crippen MR) is 69.8 cm³/mol. The van der Waals surface area contributed by atoms with Crippen LogP contribution in [0.4, 0.5) is 4.79 Å². The number of hydrogen-bond donors (Lipinski definition) is 3. The van der Waals surface area contributed by atoms with Crippen molar-refractivity contribution in [3.63, 3.8) is 0 Å². The molecule has 1 aromatic heterocycles. The molecule has 7 heteroatoms. The summed E-state index contributed by atoms with van der Waals surface area (Å²) in [6, 6.07) is -1.31. The quantitative estimate of drug-likeness (QED) is 0.682. The summed E-state index contributed by atoms with van der Waals surface area (Å²) in [6.07, 6.45) is 4.04. The fraction of sp³-hybridized carbons (Fsp3) is 0.583. The van der Waals surface area contributed by atoms with E-state index in [1.807, 2.05) is 13.8 Å². The second-order valence-electron chi connectivity index (χ2n) is 4.20. The lowest BCUT2D eigenvalue weighted by atomic mass is 10.1. The van der Waals surface area contributed by atoms with Crippen LogP contribution in [0.5, 0.6) is 0 Å². The van der Waals surface area contributed by atoms with Crippen LogP contribution in [0.15, 0.2) is 12.5 Å². The number of rotatable bonds is 7. The normalized spacial score (nSPS) is 11.9. The number of H-pyrrole nitrogens is 1. The predicted octanol–water partition coefficient (Wildman–Crippen LogP) is 0.847. The van der Waals surface area contributed by atoms with Crippen LogP contribution in [-0.4, -0.2) is 51.1 Å². The average molecular weight is 268 g/mol. The van der Waals surface area contributed by atoms with Crippen molar-refractivity contribution in [2.45, 2.75) is 32.7 Å². The number of imidazole rings is 1. The topological polar surface area (TPSA) is 98.3 Å². The molecule has 1 rings (SSSR count). The van der Waals surface area contributed by atoms with Gasteiger partial charge in [0.05, 0.1) is 6.33 Å². The number of carbonyl (C=O) groups is 2. The number of hydrogen-bond acceptors (Lipinski definition) is 3. The Balaban J connectivity index is 2.62. The molecule has 0 aliphatic rings. The third-order valence-electron chi connectivity index (χ3n) is 2.74. The van der Waals surface area contributed by atoms with Gasteiger partial charge in [0.2, 0.25) is 0 Å². The van der Waals surface area contributed by atoms with Gasteiger partial charge in [-0.2, -0.15) is 0 Å². The summed E-state index contributed by atoms with van der Waals surface area (Å²) in [6.45, 7) is 4.99. The lowest BCUT2D eigenvalue weighted by Crippen LogP contribution is -2.49. The van der Waals surface area contributed by atoms with Crippen molar-refractivity contribution in [3.8, 4) is 0 Å². The molecule has 3 N–H and O–H groups in total. The van der Waals surface area contributed by atoms with Gasteiger partial charge >= 0.3 is 12.0 Å². The fourth-order valence-electron chi connectivity index (χ4n) is 1.73. The first kappa shape index (κ1) is 15.0. The molecule has 0 spiro atoms. The molecule has 1 heterocycles. The van der Waals surface area contributed by atoms with E-state index in [9.17, 15) is 9.59 Å². The Hall–Kier alpha value is -2.05. The third kappa shape index (κ3) is 4.61. The number of amides is 2. The maximum atomic E-state index is 11.9. The molecule has 0 radical (unpaired) electrons. The highest BCUT2D eigenvalue weighted by Gasteiger charge is 2.23. The van der Waals surface area contributed by atoms with Crippen LogP contribution in [0.3, 0.4) is 0 Å². The zero-order valence-corrected chi connectivity index (χ0v) is 11.2. The summed E-state index contributed by atoms with van der Waals surface area (Å²) in [5.74, 6) is -1.06. The van der Waals surface area contributed by atoms with E-state index in [2.05, 4.69) is 15.3 Å². The first-order chi connectivity index (χ1) is 9.08. The Labute approximate surface area is 112 Å². The van der Waals surface area contributed by atoms with E-state index in [0.717, 1.165) is 6.42 Å². The highest BCUT2D eigenvalue weighted by molar-refractivity contribution is 5.82. The van der Waals surface area contributed by atoms with Crippen molar-refractivity contribution in [1.29, 1.82) is 0 Å². The van der Waals surface area contributed by atoms with E-state index in [-0.39, 0.29) is 12.5 Å². The number of aliphatic carboxylic acids is 1. The van der Waals surface area contributed by atoms with Crippen molar-refractivity contribution in [2.24, 2.45) is 0 Å². The van der Waals surface area contributed by atoms with Crippen molar-refractivity contribution in [3.05, 3.63) is 18.2 Å². The molecule has 106 valence electrons. The Morgan fingerprint density at radius 3 is 2.74 bits per heavy atom. The average Bonchev–Trinajstić information content (AvgIpc) is 2.87. The number of carboxylic acids is 1. The van der Waals surface area contributed by atoms with E-state index < -0.39 is 12.0 Å². The second kappa shape index (κ2) is 7.40. The molecule has 0 aliphatic carbocycles. The Bertz CT molecular complexity index is 405. The summed E-state index contributed by atoms with van der Waals surface area (Å²) in [4.78, 5) is 31.3. The number of nitrogens with zero attached hydrogens (tertiary/aromatic N) is 2. The van der Waals surface area contributed by atoms with E-state index in [4.69, 9.17) is 5.11 Å². The molecule has 0 unspecified atom stereocenters. The fourth-order valence-corrected chi connectivity index (χ4v) is 1.73. The van der Waals surface area contributed by atoms with Gasteiger partial charge in [-0.25, -0.2) is 14.6 Å². The number of aromatic amines is 1. The molecule has 0 saturated carbocycles. The number of carboxylic acid groups (broad SMARTS) is 1. The molecule has 0 aromatic carbocycles. The summed E-state index contributed by atoms with van der Waals surface area (Å²) >= 11 is 0. The van der Waals surface area contributed by atoms with E-state index in [1.165, 1.54) is 6.33 Å². The largest absolute Gasteiger partial charge is 0.480 e. The van der Waals surface area contributed by atoms with Crippen LogP contribution < -0.4 is 5.32 Å². The number of carbonyl (C=O) groups excluding carboxylic acids is 1. The molecule has 7 nitrogen and oxygen atoms in total. The van der Waals surface area contributed by atoms with Gasteiger partial charge in [0.1, 0.15) is 6.04 Å². The standard InChI is InChI=1S/C12H20N4O3/c1-3-5-16(4-2)12(19)15-10(11(17)18)6-9-7-13-8-14-9/h7-8,10H,3-6H2,1-2H3,(H,13,14)(H,15,19)(H,17,18)/t10-/m0/s1. The van der Waals surface area contributed by atoms with Crippen molar-refractivity contribution >= 4 is 12.0 Å². The molecule has 0 fully saturated rings. The van der Waals surface area contributed by atoms with Crippen LogP contribution in [0.2, 0.25) is 0 Å². The minimum atomic E-state index is -1.06. The van der Waals surface area contributed by atoms with Gasteiger partial charge in [-0.1, -0.05) is 6.92 Å². The molecule has 1 atom stereocenters. The van der Waals surface area contributed by atoms with Gasteiger partial charge in [0, 0.05) is 31.4 Å². The SMILES string of the molecule is CCCN(CC)C(=O)N[C@@H](Cc1cnc[nH]1)C(=O)O. The molecule has 1 aromatic rings. The van der Waals surface area contributed by atoms with Crippen LogP contribution in [0.25, 0.3) is 0 Å². The van der Waals surface area contributed by atoms with Gasteiger partial charge in [-0.3, -0.25) is 0 Å². The summed E-state index contributed by atoms with van der Waals surface area (Å²) in [5, 5.41) is 11.7. The van der Waals surface area contributed by atoms with Crippen molar-refractivity contribution in [1.82, 2.24) is 20.2 Å². The third-order valence-corrected chi connectivity index (χ3v) is 2.74. The maximum Gasteiger partial charge on any atom is 0.326 e. The monoisotopic (exact) mass is 268 g/mol. The van der Waals surface area contributed by atoms with E-state index in [0.29, 0.717) is 18.8 Å². The molecular weight excluding hydrogens is 248 g/mol. The second-order valence-corrected chi connectivity index (χ2v) is 4.20. The van der Waals surface area contributed by atoms with E-state index >= 15 is 0 Å². The summed E-state index contributed by atoms with van der Waals surface area (Å²) in [7, 11) is 0. The Morgan fingerprint density at radius 1 is 1.53 bits per heavy atom. The van der Waals surface area contributed by atoms with Crippen LogP contribution >= 0.6 is 0 Å². The summed E-state index contributed by atoms with van der Waals surface area (Å²) < 4.78 is 0. The van der Waals surface area contributed by atoms with Crippen LogP contribution in [0, 0.1) is 0 Å². The number of urea groups is 1. The smallest absolute Gasteiger partial charge is 0.326 e. The molecule has 2 amide bonds. The lowest BCUT2D eigenvalue weighted by molar-refractivity contribution is -0.139. The first-order valence-corrected chi connectivity index (χ1v) is 6.34. The van der Waals surface area contributed by atoms with Crippen molar-refractivity contribution < 1.29 is 14.7 Å². The minimum Gasteiger partial charge on any atom is -0.480 e. The molecular formula is C12H20N4O3. The number of nitrogens with one attached hydrogen (secondary N) is 2. The molecule has 0 aliphatic heterocycles. The van der Waals surface area contributed by atoms with Crippen molar-refractivity contribution in [2.75, 3.05) is 13.1 Å². The van der Waals surface area contributed by atoms with Gasteiger partial charge < -0.3 is 20.3 Å². The lowest BCUT2D eigenvalue weighted by Gasteiger charge is -2.23. The Kier molecular flexibility index (Phi) is 5.84. The highest BCUT2D eigenvalue weighted by atomic mass is 16.4. The maximum absolute atomic E-state index is 11.9. The van der Waals surface area contributed by atoms with E-state index in [1.54, 1.807) is 11.1 Å². The minimum absolute atomic E-state index is 0.185. The molecule has 0 saturated heterocycles. The summed E-state index contributed by atoms with van der Waals surface area (Å²) in [5.41, 5.74) is 0.672. The molecule has 19 heavy (non-hydrogen) atoms.